The van der Waals surface area contributed by atoms with Gasteiger partial charge in [-0.05, 0) is 49.3 Å². The minimum absolute atomic E-state index is 0.147. The maximum Gasteiger partial charge on any atom is 0.306 e. The minimum atomic E-state index is -0.645. The third kappa shape index (κ3) is 5.34. The summed E-state index contributed by atoms with van der Waals surface area (Å²) in [6.45, 7) is 5.81. The van der Waals surface area contributed by atoms with E-state index < -0.39 is 5.97 Å². The number of ether oxygens (including phenoxy) is 1. The van der Waals surface area contributed by atoms with Gasteiger partial charge in [-0.15, -0.1) is 0 Å². The number of nitrogens with one attached hydrogen (secondary N) is 1. The number of carboxylic acid groups (broad SMARTS) is 1. The van der Waals surface area contributed by atoms with Crippen LogP contribution < -0.4 is 10.1 Å². The Labute approximate surface area is 132 Å². The van der Waals surface area contributed by atoms with Gasteiger partial charge in [0, 0.05) is 12.6 Å². The molecule has 122 valence electrons. The van der Waals surface area contributed by atoms with Gasteiger partial charge in [-0.25, -0.2) is 0 Å². The zero-order chi connectivity index (χ0) is 15.9. The average molecular weight is 305 g/mol. The molecular formula is C18H27NO3. The van der Waals surface area contributed by atoms with E-state index in [2.05, 4.69) is 31.3 Å². The number of carbonyl (C=O) groups is 1. The molecule has 1 saturated carbocycles. The molecule has 1 fully saturated rings. The maximum atomic E-state index is 11.0. The predicted molar refractivity (Wildman–Crippen MR) is 87.0 cm³/mol. The molecule has 4 heteroatoms. The highest BCUT2D eigenvalue weighted by Gasteiger charge is 2.25. The van der Waals surface area contributed by atoms with E-state index in [0.29, 0.717) is 12.0 Å². The van der Waals surface area contributed by atoms with Gasteiger partial charge in [-0.2, -0.15) is 0 Å². The Bertz CT molecular complexity index is 479. The summed E-state index contributed by atoms with van der Waals surface area (Å²) in [6, 6.07) is 8.62. The molecule has 1 aromatic rings. The van der Waals surface area contributed by atoms with E-state index in [1.807, 2.05) is 12.1 Å². The molecule has 22 heavy (non-hydrogen) atoms. The molecule has 0 bridgehead atoms. The van der Waals surface area contributed by atoms with Crippen molar-refractivity contribution >= 4 is 5.97 Å². The normalized spacial score (nSPS) is 21.8. The summed E-state index contributed by atoms with van der Waals surface area (Å²) in [5.41, 5.74) is 1.21. The summed E-state index contributed by atoms with van der Waals surface area (Å²) in [6.07, 6.45) is 3.45. The van der Waals surface area contributed by atoms with E-state index in [0.717, 1.165) is 44.6 Å². The molecule has 1 aromatic carbocycles. The number of benzene rings is 1. The monoisotopic (exact) mass is 305 g/mol. The van der Waals surface area contributed by atoms with Crippen LogP contribution in [0.25, 0.3) is 0 Å². The van der Waals surface area contributed by atoms with Gasteiger partial charge in [0.25, 0.3) is 0 Å². The fourth-order valence-electron chi connectivity index (χ4n) is 2.81. The van der Waals surface area contributed by atoms with Gasteiger partial charge in [-0.3, -0.25) is 4.79 Å². The largest absolute Gasteiger partial charge is 0.493 e. The first-order chi connectivity index (χ1) is 10.5. The molecule has 0 spiro atoms. The summed E-state index contributed by atoms with van der Waals surface area (Å²) < 4.78 is 5.75. The number of hydrogen-bond acceptors (Lipinski definition) is 3. The Balaban J connectivity index is 1.77. The molecule has 0 amide bonds. The van der Waals surface area contributed by atoms with Crippen LogP contribution in [0.4, 0.5) is 0 Å². The van der Waals surface area contributed by atoms with Crippen molar-refractivity contribution in [2.24, 2.45) is 11.8 Å². The van der Waals surface area contributed by atoms with Gasteiger partial charge in [0.1, 0.15) is 5.75 Å². The SMILES string of the molecule is CC(C)COc1cccc(CNC2CCC(C(=O)O)CC2)c1. The van der Waals surface area contributed by atoms with E-state index in [9.17, 15) is 4.79 Å². The zero-order valence-corrected chi connectivity index (χ0v) is 13.5. The van der Waals surface area contributed by atoms with Crippen LogP contribution in [-0.4, -0.2) is 23.7 Å². The smallest absolute Gasteiger partial charge is 0.306 e. The van der Waals surface area contributed by atoms with Crippen LogP contribution in [0.2, 0.25) is 0 Å². The second-order valence-electron chi connectivity index (χ2n) is 6.62. The lowest BCUT2D eigenvalue weighted by molar-refractivity contribution is -0.142. The fraction of sp³-hybridized carbons (Fsp3) is 0.611. The van der Waals surface area contributed by atoms with Crippen molar-refractivity contribution in [3.63, 3.8) is 0 Å². The summed E-state index contributed by atoms with van der Waals surface area (Å²) in [5.74, 6) is 0.646. The molecule has 0 saturated heterocycles. The molecule has 0 aliphatic heterocycles. The van der Waals surface area contributed by atoms with Crippen LogP contribution in [0, 0.1) is 11.8 Å². The maximum absolute atomic E-state index is 11.0. The van der Waals surface area contributed by atoms with E-state index in [1.165, 1.54) is 5.56 Å². The first-order valence-corrected chi connectivity index (χ1v) is 8.22. The number of hydrogen-bond donors (Lipinski definition) is 2. The number of rotatable bonds is 7. The second kappa shape index (κ2) is 8.18. The Kier molecular flexibility index (Phi) is 6.25. The standard InChI is InChI=1S/C18H27NO3/c1-13(2)12-22-17-5-3-4-14(10-17)11-19-16-8-6-15(7-9-16)18(20)21/h3-5,10,13,15-16,19H,6-9,11-12H2,1-2H3,(H,20,21). The third-order valence-corrected chi connectivity index (χ3v) is 4.15. The van der Waals surface area contributed by atoms with Crippen molar-refractivity contribution in [1.82, 2.24) is 5.32 Å². The highest BCUT2D eigenvalue weighted by Crippen LogP contribution is 2.24. The van der Waals surface area contributed by atoms with Crippen molar-refractivity contribution in [3.8, 4) is 5.75 Å². The summed E-state index contributed by atoms with van der Waals surface area (Å²) >= 11 is 0. The molecule has 2 rings (SSSR count). The van der Waals surface area contributed by atoms with Gasteiger partial charge in [0.15, 0.2) is 0 Å². The lowest BCUT2D eigenvalue weighted by Gasteiger charge is -2.27. The molecule has 0 unspecified atom stereocenters. The van der Waals surface area contributed by atoms with Crippen LogP contribution in [0.3, 0.4) is 0 Å². The Morgan fingerprint density at radius 3 is 2.68 bits per heavy atom. The van der Waals surface area contributed by atoms with E-state index in [1.54, 1.807) is 0 Å². The number of carboxylic acids is 1. The van der Waals surface area contributed by atoms with E-state index in [-0.39, 0.29) is 5.92 Å². The lowest BCUT2D eigenvalue weighted by Crippen LogP contribution is -2.34. The molecule has 0 aromatic heterocycles. The van der Waals surface area contributed by atoms with E-state index in [4.69, 9.17) is 9.84 Å². The molecular weight excluding hydrogens is 278 g/mol. The summed E-state index contributed by atoms with van der Waals surface area (Å²) in [5, 5.41) is 12.6. The van der Waals surface area contributed by atoms with Crippen molar-refractivity contribution in [2.75, 3.05) is 6.61 Å². The van der Waals surface area contributed by atoms with E-state index >= 15 is 0 Å². The van der Waals surface area contributed by atoms with Crippen molar-refractivity contribution < 1.29 is 14.6 Å². The lowest BCUT2D eigenvalue weighted by atomic mass is 9.86. The van der Waals surface area contributed by atoms with Gasteiger partial charge >= 0.3 is 5.97 Å². The second-order valence-corrected chi connectivity index (χ2v) is 6.62. The average Bonchev–Trinajstić information content (AvgIpc) is 2.52. The van der Waals surface area contributed by atoms with Gasteiger partial charge < -0.3 is 15.2 Å². The fourth-order valence-corrected chi connectivity index (χ4v) is 2.81. The van der Waals surface area contributed by atoms with Crippen LogP contribution in [0.5, 0.6) is 5.75 Å². The van der Waals surface area contributed by atoms with Gasteiger partial charge in [-0.1, -0.05) is 26.0 Å². The Hall–Kier alpha value is -1.55. The molecule has 0 heterocycles. The highest BCUT2D eigenvalue weighted by atomic mass is 16.5. The van der Waals surface area contributed by atoms with Gasteiger partial charge in [0.05, 0.1) is 12.5 Å². The third-order valence-electron chi connectivity index (χ3n) is 4.15. The molecule has 1 aliphatic carbocycles. The molecule has 0 radical (unpaired) electrons. The van der Waals surface area contributed by atoms with Crippen molar-refractivity contribution in [2.45, 2.75) is 52.1 Å². The molecule has 1 aliphatic rings. The molecule has 2 N–H and O–H groups in total. The quantitative estimate of drug-likeness (QED) is 0.810. The van der Waals surface area contributed by atoms with Crippen molar-refractivity contribution in [1.29, 1.82) is 0 Å². The van der Waals surface area contributed by atoms with Crippen LogP contribution >= 0.6 is 0 Å². The van der Waals surface area contributed by atoms with Crippen LogP contribution in [-0.2, 0) is 11.3 Å². The predicted octanol–water partition coefficient (Wildman–Crippen LogP) is 3.45. The Morgan fingerprint density at radius 1 is 1.32 bits per heavy atom. The van der Waals surface area contributed by atoms with Crippen LogP contribution in [0.15, 0.2) is 24.3 Å². The zero-order valence-electron chi connectivity index (χ0n) is 13.5. The summed E-state index contributed by atoms with van der Waals surface area (Å²) in [4.78, 5) is 11.0. The minimum Gasteiger partial charge on any atom is -0.493 e. The highest BCUT2D eigenvalue weighted by molar-refractivity contribution is 5.70. The first kappa shape index (κ1) is 16.8. The number of aliphatic carboxylic acids is 1. The molecule has 0 atom stereocenters. The van der Waals surface area contributed by atoms with Gasteiger partial charge in [0.2, 0.25) is 0 Å². The molecule has 4 nitrogen and oxygen atoms in total. The summed E-state index contributed by atoms with van der Waals surface area (Å²) in [7, 11) is 0. The topological polar surface area (TPSA) is 58.6 Å². The van der Waals surface area contributed by atoms with Crippen LogP contribution in [0.1, 0.15) is 45.1 Å². The van der Waals surface area contributed by atoms with Crippen molar-refractivity contribution in [3.05, 3.63) is 29.8 Å². The Morgan fingerprint density at radius 2 is 2.05 bits per heavy atom. The first-order valence-electron chi connectivity index (χ1n) is 8.22.